The first-order chi connectivity index (χ1) is 11.8. The molecule has 120 valence electrons. The molecule has 0 bridgehead atoms. The second-order valence-corrected chi connectivity index (χ2v) is 5.35. The first kappa shape index (κ1) is 14.4. The van der Waals surface area contributed by atoms with Gasteiger partial charge in [-0.1, -0.05) is 24.3 Å². The molecular weight excluding hydrogens is 306 g/mol. The zero-order chi connectivity index (χ0) is 16.4. The van der Waals surface area contributed by atoms with E-state index < -0.39 is 0 Å². The Hall–Kier alpha value is -3.21. The van der Waals surface area contributed by atoms with Crippen molar-refractivity contribution in [3.8, 4) is 11.5 Å². The highest BCUT2D eigenvalue weighted by molar-refractivity contribution is 6.08. The van der Waals surface area contributed by atoms with Crippen LogP contribution >= 0.6 is 0 Å². The second kappa shape index (κ2) is 6.12. The van der Waals surface area contributed by atoms with Crippen LogP contribution in [-0.4, -0.2) is 12.7 Å². The topological polar surface area (TPSA) is 51.9 Å². The molecule has 1 aromatic heterocycles. The second-order valence-electron chi connectivity index (χ2n) is 5.35. The predicted molar refractivity (Wildman–Crippen MR) is 88.2 cm³/mol. The predicted octanol–water partition coefficient (Wildman–Crippen LogP) is 3.86. The quantitative estimate of drug-likeness (QED) is 0.732. The molecule has 0 unspecified atom stereocenters. The maximum Gasteiger partial charge on any atom is 0.262 e. The van der Waals surface area contributed by atoms with Gasteiger partial charge in [-0.2, -0.15) is 0 Å². The van der Waals surface area contributed by atoms with Crippen LogP contribution in [0.4, 0.5) is 5.69 Å². The van der Waals surface area contributed by atoms with Crippen LogP contribution < -0.4 is 14.4 Å². The molecule has 4 rings (SSSR count). The van der Waals surface area contributed by atoms with Gasteiger partial charge in [0.15, 0.2) is 11.5 Å². The molecule has 0 atom stereocenters. The van der Waals surface area contributed by atoms with Gasteiger partial charge in [-0.05, 0) is 36.4 Å². The van der Waals surface area contributed by atoms with Crippen LogP contribution in [-0.2, 0) is 6.54 Å². The summed E-state index contributed by atoms with van der Waals surface area (Å²) in [7, 11) is 0. The van der Waals surface area contributed by atoms with Crippen molar-refractivity contribution in [2.45, 2.75) is 6.54 Å². The van der Waals surface area contributed by atoms with E-state index in [4.69, 9.17) is 13.9 Å². The Labute approximate surface area is 139 Å². The molecule has 1 amide bonds. The Balaban J connectivity index is 1.73. The first-order valence-electron chi connectivity index (χ1n) is 7.61. The van der Waals surface area contributed by atoms with Crippen molar-refractivity contribution in [3.05, 3.63) is 78.3 Å². The van der Waals surface area contributed by atoms with Crippen molar-refractivity contribution in [2.75, 3.05) is 11.7 Å². The van der Waals surface area contributed by atoms with Gasteiger partial charge >= 0.3 is 0 Å². The lowest BCUT2D eigenvalue weighted by Crippen LogP contribution is -2.30. The van der Waals surface area contributed by atoms with Crippen LogP contribution in [0.15, 0.2) is 71.3 Å². The molecule has 0 saturated carbocycles. The Morgan fingerprint density at radius 2 is 1.83 bits per heavy atom. The highest BCUT2D eigenvalue weighted by Crippen LogP contribution is 2.36. The Morgan fingerprint density at radius 3 is 2.62 bits per heavy atom. The number of para-hydroxylation sites is 2. The molecule has 0 fully saturated rings. The van der Waals surface area contributed by atoms with Gasteiger partial charge in [-0.3, -0.25) is 4.79 Å². The molecule has 5 heteroatoms. The van der Waals surface area contributed by atoms with E-state index in [1.807, 2.05) is 36.4 Å². The van der Waals surface area contributed by atoms with E-state index in [1.54, 1.807) is 35.4 Å². The number of anilines is 1. The fourth-order valence-corrected chi connectivity index (χ4v) is 2.69. The van der Waals surface area contributed by atoms with Crippen LogP contribution in [0.25, 0.3) is 0 Å². The maximum absolute atomic E-state index is 13.2. The lowest BCUT2D eigenvalue weighted by molar-refractivity contribution is 0.0978. The average Bonchev–Trinajstić information content (AvgIpc) is 3.31. The summed E-state index contributed by atoms with van der Waals surface area (Å²) in [4.78, 5) is 14.8. The van der Waals surface area contributed by atoms with Crippen LogP contribution in [0.3, 0.4) is 0 Å². The number of benzene rings is 2. The normalized spacial score (nSPS) is 12.2. The van der Waals surface area contributed by atoms with E-state index in [2.05, 4.69) is 0 Å². The largest absolute Gasteiger partial charge is 0.467 e. The van der Waals surface area contributed by atoms with Crippen LogP contribution in [0.5, 0.6) is 11.5 Å². The van der Waals surface area contributed by atoms with Crippen molar-refractivity contribution in [3.63, 3.8) is 0 Å². The lowest BCUT2D eigenvalue weighted by Gasteiger charge is -2.22. The third-order valence-corrected chi connectivity index (χ3v) is 3.83. The monoisotopic (exact) mass is 321 g/mol. The van der Waals surface area contributed by atoms with Crippen LogP contribution in [0.1, 0.15) is 16.1 Å². The van der Waals surface area contributed by atoms with E-state index in [9.17, 15) is 4.79 Å². The van der Waals surface area contributed by atoms with E-state index in [0.717, 1.165) is 5.69 Å². The lowest BCUT2D eigenvalue weighted by atomic mass is 10.1. The summed E-state index contributed by atoms with van der Waals surface area (Å²) in [6.07, 6.45) is 1.60. The zero-order valence-electron chi connectivity index (χ0n) is 12.8. The van der Waals surface area contributed by atoms with Crippen molar-refractivity contribution in [1.29, 1.82) is 0 Å². The minimum atomic E-state index is -0.167. The number of amides is 1. The molecule has 3 aromatic rings. The third kappa shape index (κ3) is 2.60. The van der Waals surface area contributed by atoms with Gasteiger partial charge in [-0.25, -0.2) is 0 Å². The minimum absolute atomic E-state index is 0.128. The standard InChI is InChI=1S/C19H15NO4/c21-19(16-9-4-10-17-18(16)24-13-23-17)20(12-15-8-5-11-22-15)14-6-2-1-3-7-14/h1-11H,12-13H2. The number of rotatable bonds is 4. The molecule has 5 nitrogen and oxygen atoms in total. The van der Waals surface area contributed by atoms with Gasteiger partial charge in [-0.15, -0.1) is 0 Å². The number of hydrogen-bond donors (Lipinski definition) is 0. The van der Waals surface area contributed by atoms with E-state index >= 15 is 0 Å². The molecule has 2 aromatic carbocycles. The number of nitrogens with zero attached hydrogens (tertiary/aromatic N) is 1. The molecule has 1 aliphatic rings. The number of fused-ring (bicyclic) bond motifs is 1. The van der Waals surface area contributed by atoms with Gasteiger partial charge < -0.3 is 18.8 Å². The number of carbonyl (C=O) groups is 1. The summed E-state index contributed by atoms with van der Waals surface area (Å²) in [6, 6.07) is 18.5. The molecule has 0 aliphatic carbocycles. The molecule has 0 N–H and O–H groups in total. The first-order valence-corrected chi connectivity index (χ1v) is 7.61. The summed E-state index contributed by atoms with van der Waals surface area (Å²) < 4.78 is 16.3. The van der Waals surface area contributed by atoms with E-state index in [1.165, 1.54) is 0 Å². The summed E-state index contributed by atoms with van der Waals surface area (Å²) in [5.74, 6) is 1.62. The van der Waals surface area contributed by atoms with Gasteiger partial charge in [0, 0.05) is 5.69 Å². The average molecular weight is 321 g/mol. The number of furan rings is 1. The highest BCUT2D eigenvalue weighted by Gasteiger charge is 2.26. The van der Waals surface area contributed by atoms with Crippen molar-refractivity contribution >= 4 is 11.6 Å². The molecule has 0 radical (unpaired) electrons. The Bertz CT molecular complexity index is 843. The molecule has 0 spiro atoms. The summed E-state index contributed by atoms with van der Waals surface area (Å²) in [5.41, 5.74) is 1.26. The SMILES string of the molecule is O=C(c1cccc2c1OCO2)N(Cc1ccco1)c1ccccc1. The van der Waals surface area contributed by atoms with Gasteiger partial charge in [0.2, 0.25) is 6.79 Å². The molecule has 2 heterocycles. The van der Waals surface area contributed by atoms with E-state index in [-0.39, 0.29) is 12.7 Å². The summed E-state index contributed by atoms with van der Waals surface area (Å²) in [6.45, 7) is 0.462. The fraction of sp³-hybridized carbons (Fsp3) is 0.105. The molecule has 0 saturated heterocycles. The number of ether oxygens (including phenoxy) is 2. The molecule has 1 aliphatic heterocycles. The Kier molecular flexibility index (Phi) is 3.67. The maximum atomic E-state index is 13.2. The highest BCUT2D eigenvalue weighted by atomic mass is 16.7. The smallest absolute Gasteiger partial charge is 0.262 e. The van der Waals surface area contributed by atoms with Crippen molar-refractivity contribution < 1.29 is 18.7 Å². The molecular formula is C19H15NO4. The van der Waals surface area contributed by atoms with Gasteiger partial charge in [0.25, 0.3) is 5.91 Å². The van der Waals surface area contributed by atoms with Crippen molar-refractivity contribution in [1.82, 2.24) is 0 Å². The van der Waals surface area contributed by atoms with Crippen LogP contribution in [0, 0.1) is 0 Å². The van der Waals surface area contributed by atoms with Crippen LogP contribution in [0.2, 0.25) is 0 Å². The number of carbonyl (C=O) groups excluding carboxylic acids is 1. The zero-order valence-corrected chi connectivity index (χ0v) is 12.8. The fourth-order valence-electron chi connectivity index (χ4n) is 2.69. The minimum Gasteiger partial charge on any atom is -0.467 e. The Morgan fingerprint density at radius 1 is 0.958 bits per heavy atom. The third-order valence-electron chi connectivity index (χ3n) is 3.83. The summed E-state index contributed by atoms with van der Waals surface area (Å²) in [5, 5.41) is 0. The van der Waals surface area contributed by atoms with Crippen molar-refractivity contribution in [2.24, 2.45) is 0 Å². The molecule has 24 heavy (non-hydrogen) atoms. The van der Waals surface area contributed by atoms with E-state index in [0.29, 0.717) is 29.4 Å². The number of hydrogen-bond acceptors (Lipinski definition) is 4. The summed E-state index contributed by atoms with van der Waals surface area (Å²) >= 11 is 0. The van der Waals surface area contributed by atoms with Gasteiger partial charge in [0.05, 0.1) is 18.4 Å². The van der Waals surface area contributed by atoms with Gasteiger partial charge in [0.1, 0.15) is 5.76 Å².